The Morgan fingerprint density at radius 3 is 2.45 bits per heavy atom. The van der Waals surface area contributed by atoms with Gasteiger partial charge in [-0.25, -0.2) is 0 Å². The van der Waals surface area contributed by atoms with E-state index in [1.165, 1.54) is 0 Å². The number of rotatable bonds is 8. The van der Waals surface area contributed by atoms with Gasteiger partial charge in [0.05, 0.1) is 36.6 Å². The van der Waals surface area contributed by atoms with Gasteiger partial charge in [0.1, 0.15) is 35.0 Å². The number of hydrogen-bond acceptors (Lipinski definition) is 12. The number of nitrogens with one attached hydrogen (secondary N) is 1. The van der Waals surface area contributed by atoms with E-state index in [2.05, 4.69) is 5.32 Å². The second-order valence-electron chi connectivity index (χ2n) is 18.0. The molecule has 7 unspecified atom stereocenters. The van der Waals surface area contributed by atoms with E-state index in [0.29, 0.717) is 38.0 Å². The third-order valence-electron chi connectivity index (χ3n) is 15.2. The van der Waals surface area contributed by atoms with Crippen molar-refractivity contribution >= 4 is 11.6 Å². The van der Waals surface area contributed by atoms with Crippen molar-refractivity contribution in [2.45, 2.75) is 132 Å². The maximum atomic E-state index is 14.4. The summed E-state index contributed by atoms with van der Waals surface area (Å²) in [6, 6.07) is 0. The summed E-state index contributed by atoms with van der Waals surface area (Å²) in [5.41, 5.74) is 2.87. The highest BCUT2D eigenvalue weighted by molar-refractivity contribution is 6.02. The maximum Gasteiger partial charge on any atom is 0.188 e. The molecule has 294 valence electrons. The minimum absolute atomic E-state index is 0.101. The maximum absolute atomic E-state index is 14.4. The average Bonchev–Trinajstić information content (AvgIpc) is 3.65. The molecule has 4 saturated carbocycles. The number of carbonyl (C=O) groups is 2. The predicted octanol–water partition coefficient (Wildman–Crippen LogP) is 2.31. The second-order valence-corrected chi connectivity index (χ2v) is 18.0. The van der Waals surface area contributed by atoms with E-state index in [1.807, 2.05) is 12.2 Å². The first-order valence-corrected chi connectivity index (χ1v) is 20.5. The summed E-state index contributed by atoms with van der Waals surface area (Å²) in [5, 5.41) is 71.8. The van der Waals surface area contributed by atoms with E-state index in [4.69, 9.17) is 15.2 Å². The van der Waals surface area contributed by atoms with Crippen LogP contribution in [-0.2, 0) is 19.1 Å². The number of aliphatic hydroxyl groups is 6. The van der Waals surface area contributed by atoms with E-state index in [-0.39, 0.29) is 41.9 Å². The van der Waals surface area contributed by atoms with Crippen molar-refractivity contribution in [2.24, 2.45) is 58.5 Å². The molecule has 2 saturated heterocycles. The fraction of sp³-hybridized carbons (Fsp3) is 0.805. The highest BCUT2D eigenvalue weighted by Crippen LogP contribution is 2.61. The molecule has 6 aliphatic carbocycles. The van der Waals surface area contributed by atoms with Crippen molar-refractivity contribution < 1.29 is 49.7 Å². The Balaban J connectivity index is 1.05. The molecular weight excluding hydrogens is 680 g/mol. The van der Waals surface area contributed by atoms with Crippen molar-refractivity contribution in [1.82, 2.24) is 5.32 Å². The van der Waals surface area contributed by atoms with Gasteiger partial charge < -0.3 is 51.2 Å². The summed E-state index contributed by atoms with van der Waals surface area (Å²) in [6.07, 6.45) is 12.1. The van der Waals surface area contributed by atoms with Gasteiger partial charge in [-0.05, 0) is 99.1 Å². The number of piperidine rings is 1. The number of carbonyl (C=O) groups excluding carboxylic acids is 2. The zero-order valence-electron chi connectivity index (χ0n) is 30.7. The molecule has 6 fully saturated rings. The van der Waals surface area contributed by atoms with Gasteiger partial charge in [-0.3, -0.25) is 9.59 Å². The highest BCUT2D eigenvalue weighted by Gasteiger charge is 2.70. The van der Waals surface area contributed by atoms with Crippen LogP contribution < -0.4 is 11.1 Å². The Labute approximate surface area is 311 Å². The van der Waals surface area contributed by atoms with Gasteiger partial charge in [-0.15, -0.1) is 0 Å². The third-order valence-corrected chi connectivity index (χ3v) is 15.2. The van der Waals surface area contributed by atoms with Crippen LogP contribution in [0.2, 0.25) is 0 Å². The summed E-state index contributed by atoms with van der Waals surface area (Å²) in [6.45, 7) is 0.218. The lowest BCUT2D eigenvalue weighted by Crippen LogP contribution is -2.78. The Morgan fingerprint density at radius 1 is 0.962 bits per heavy atom. The summed E-state index contributed by atoms with van der Waals surface area (Å²) in [7, 11) is 0. The first-order chi connectivity index (χ1) is 25.5. The minimum atomic E-state index is -2.15. The molecule has 2 bridgehead atoms. The largest absolute Gasteiger partial charge is 0.512 e. The molecule has 0 amide bonds. The molecule has 8 rings (SSSR count). The number of hydrogen-bond donors (Lipinski definition) is 8. The van der Waals surface area contributed by atoms with Crippen LogP contribution in [0.5, 0.6) is 0 Å². The molecule has 0 spiro atoms. The Hall–Kier alpha value is -2.00. The van der Waals surface area contributed by atoms with Crippen LogP contribution >= 0.6 is 0 Å². The lowest BCUT2D eigenvalue weighted by Gasteiger charge is -2.62. The number of ether oxygens (including phenoxy) is 2. The highest BCUT2D eigenvalue weighted by atomic mass is 16.7. The van der Waals surface area contributed by atoms with E-state index >= 15 is 0 Å². The van der Waals surface area contributed by atoms with Crippen molar-refractivity contribution in [3.05, 3.63) is 35.6 Å². The topological polar surface area (TPSA) is 212 Å². The molecule has 2 aliphatic heterocycles. The van der Waals surface area contributed by atoms with Crippen LogP contribution in [0.25, 0.3) is 0 Å². The number of nitrogens with two attached hydrogens (primary N) is 1. The molecule has 0 aromatic rings. The van der Waals surface area contributed by atoms with Gasteiger partial charge in [0.2, 0.25) is 0 Å². The summed E-state index contributed by atoms with van der Waals surface area (Å²) >= 11 is 0. The van der Waals surface area contributed by atoms with Crippen LogP contribution in [0.1, 0.15) is 89.9 Å². The summed E-state index contributed by atoms with van der Waals surface area (Å²) in [4.78, 5) is 28.7. The lowest BCUT2D eigenvalue weighted by molar-refractivity contribution is -0.381. The smallest absolute Gasteiger partial charge is 0.188 e. The fourth-order valence-corrected chi connectivity index (χ4v) is 12.7. The van der Waals surface area contributed by atoms with Crippen molar-refractivity contribution in [3.63, 3.8) is 0 Å². The molecular formula is C41H60N2O10. The Morgan fingerprint density at radius 2 is 1.72 bits per heavy atom. The number of allylic oxidation sites excluding steroid dienone is 4. The molecule has 0 radical (unpaired) electrons. The third kappa shape index (κ3) is 6.14. The zero-order valence-corrected chi connectivity index (χ0v) is 30.7. The molecule has 9 N–H and O–H groups in total. The number of Topliss-reactive ketones (excluding diaryl/α,β-unsaturated/α-hetero) is 2. The van der Waals surface area contributed by atoms with Crippen LogP contribution in [0.3, 0.4) is 0 Å². The normalized spacial score (nSPS) is 48.1. The standard InChI is InChI=1S/C41H60N2O10/c42-31-19-25(10-14-43-31)39(11-1-2-12-39)30-9-13-40(21-45)38(50)41(30,51)36(49)37(53-40)52-29-8-4-7-26-33(29)35(48)32-27(34(26)47)17-24(18-28(32)46)16-22-5-3-6-23(15-22)20-44/h9,13,17-18,22-23,25-27,29-33,36-38,43-46,49-51H,1-8,10-12,14-16,19-21,42H2/t22?,23?,25?,26?,27-,29?,30+,31?,32+,33?,36+,37+,38-,40-,41+/m1/s1. The van der Waals surface area contributed by atoms with Gasteiger partial charge in [0.25, 0.3) is 0 Å². The van der Waals surface area contributed by atoms with Crippen LogP contribution in [-0.4, -0.2) is 104 Å². The molecule has 12 nitrogen and oxygen atoms in total. The van der Waals surface area contributed by atoms with Crippen molar-refractivity contribution in [1.29, 1.82) is 0 Å². The number of fused-ring (bicyclic) bond motifs is 4. The predicted molar refractivity (Wildman–Crippen MR) is 193 cm³/mol. The molecule has 0 aromatic heterocycles. The van der Waals surface area contributed by atoms with Gasteiger partial charge in [-0.2, -0.15) is 0 Å². The molecule has 8 aliphatic rings. The minimum Gasteiger partial charge on any atom is -0.512 e. The van der Waals surface area contributed by atoms with E-state index < -0.39 is 77.4 Å². The van der Waals surface area contributed by atoms with Gasteiger partial charge in [-0.1, -0.05) is 50.3 Å². The number of ketones is 2. The lowest BCUT2D eigenvalue weighted by atomic mass is 9.52. The monoisotopic (exact) mass is 740 g/mol. The average molecular weight is 741 g/mol. The van der Waals surface area contributed by atoms with Crippen LogP contribution in [0, 0.1) is 52.8 Å². The molecule has 12 heteroatoms. The van der Waals surface area contributed by atoms with Crippen LogP contribution in [0.15, 0.2) is 35.6 Å². The molecule has 0 aromatic carbocycles. The first kappa shape index (κ1) is 37.9. The van der Waals surface area contributed by atoms with Gasteiger partial charge >= 0.3 is 0 Å². The van der Waals surface area contributed by atoms with Crippen molar-refractivity contribution in [2.75, 3.05) is 19.8 Å². The van der Waals surface area contributed by atoms with Crippen LogP contribution in [0.4, 0.5) is 0 Å². The Kier molecular flexibility index (Phi) is 10.4. The van der Waals surface area contributed by atoms with Gasteiger partial charge in [0.15, 0.2) is 12.1 Å². The quantitative estimate of drug-likeness (QED) is 0.169. The Bertz CT molecular complexity index is 1510. The second kappa shape index (κ2) is 14.5. The SMILES string of the molecule is NC1CC(C2([C@@H]3C=C[C@]4(CO)O[C@H](OC5CCCC6C(=O)[C@@H]7C=C(CC8CCCC(CO)C8)C=C(O)[C@H]7C(=O)C56)[C@H](O)[C@]3(O)[C@@H]4O)CCCC2)CCN1. The summed E-state index contributed by atoms with van der Waals surface area (Å²) in [5.74, 6) is -3.75. The molecule has 53 heavy (non-hydrogen) atoms. The van der Waals surface area contributed by atoms with Crippen molar-refractivity contribution in [3.8, 4) is 0 Å². The molecule has 15 atom stereocenters. The fourth-order valence-electron chi connectivity index (χ4n) is 12.7. The van der Waals surface area contributed by atoms with E-state index in [9.17, 15) is 40.2 Å². The first-order valence-electron chi connectivity index (χ1n) is 20.5. The van der Waals surface area contributed by atoms with Gasteiger partial charge in [0, 0.05) is 18.4 Å². The molecule has 2 heterocycles. The summed E-state index contributed by atoms with van der Waals surface area (Å²) < 4.78 is 12.8. The zero-order chi connectivity index (χ0) is 37.3. The van der Waals surface area contributed by atoms with E-state index in [1.54, 1.807) is 12.2 Å². The van der Waals surface area contributed by atoms with E-state index in [0.717, 1.165) is 69.9 Å². The number of aliphatic hydroxyl groups excluding tert-OH is 5.